The van der Waals surface area contributed by atoms with Gasteiger partial charge >= 0.3 is 0 Å². The molecule has 1 amide bonds. The van der Waals surface area contributed by atoms with Crippen LogP contribution in [0.5, 0.6) is 0 Å². The van der Waals surface area contributed by atoms with Crippen molar-refractivity contribution < 1.29 is 4.79 Å². The Bertz CT molecular complexity index is 151. The zero-order valence-electron chi connectivity index (χ0n) is 7.68. The molecule has 0 saturated heterocycles. The lowest BCUT2D eigenvalue weighted by atomic mass is 10.2. The third-order valence-electron chi connectivity index (χ3n) is 2.31. The molecular formula is C9H18N2O. The van der Waals surface area contributed by atoms with Gasteiger partial charge in [0.1, 0.15) is 0 Å². The van der Waals surface area contributed by atoms with E-state index in [9.17, 15) is 4.79 Å². The summed E-state index contributed by atoms with van der Waals surface area (Å²) in [7, 11) is 0. The van der Waals surface area contributed by atoms with Gasteiger partial charge in [-0.1, -0.05) is 6.92 Å². The van der Waals surface area contributed by atoms with Crippen molar-refractivity contribution in [3.63, 3.8) is 0 Å². The molecule has 3 nitrogen and oxygen atoms in total. The van der Waals surface area contributed by atoms with E-state index < -0.39 is 0 Å². The fourth-order valence-corrected chi connectivity index (χ4v) is 1.20. The van der Waals surface area contributed by atoms with E-state index >= 15 is 0 Å². The molecule has 0 heterocycles. The van der Waals surface area contributed by atoms with Crippen molar-refractivity contribution in [2.24, 2.45) is 11.7 Å². The van der Waals surface area contributed by atoms with Gasteiger partial charge in [0.25, 0.3) is 0 Å². The maximum absolute atomic E-state index is 11.3. The first kappa shape index (κ1) is 9.52. The monoisotopic (exact) mass is 170 g/mol. The number of rotatable bonds is 5. The van der Waals surface area contributed by atoms with Crippen LogP contribution in [0.25, 0.3) is 0 Å². The van der Waals surface area contributed by atoms with E-state index in [0.29, 0.717) is 18.9 Å². The number of carbonyl (C=O) groups excluding carboxylic acids is 1. The van der Waals surface area contributed by atoms with E-state index in [4.69, 9.17) is 5.73 Å². The molecule has 1 saturated carbocycles. The molecule has 1 aliphatic rings. The minimum absolute atomic E-state index is 0.176. The van der Waals surface area contributed by atoms with Crippen LogP contribution in [-0.4, -0.2) is 18.5 Å². The van der Waals surface area contributed by atoms with E-state index in [-0.39, 0.29) is 11.9 Å². The second-order valence-electron chi connectivity index (χ2n) is 3.56. The summed E-state index contributed by atoms with van der Waals surface area (Å²) in [5.74, 6) is 0.843. The van der Waals surface area contributed by atoms with Crippen molar-refractivity contribution in [3.05, 3.63) is 0 Å². The van der Waals surface area contributed by atoms with Crippen LogP contribution >= 0.6 is 0 Å². The molecular weight excluding hydrogens is 152 g/mol. The van der Waals surface area contributed by atoms with Gasteiger partial charge in [0.15, 0.2) is 0 Å². The molecule has 3 N–H and O–H groups in total. The minimum atomic E-state index is 0.176. The maximum atomic E-state index is 11.3. The molecule has 1 unspecified atom stereocenters. The molecule has 1 rings (SSSR count). The van der Waals surface area contributed by atoms with Gasteiger partial charge in [-0.15, -0.1) is 0 Å². The van der Waals surface area contributed by atoms with Gasteiger partial charge in [-0.25, -0.2) is 0 Å². The van der Waals surface area contributed by atoms with Crippen molar-refractivity contribution in [2.75, 3.05) is 6.54 Å². The van der Waals surface area contributed by atoms with Gasteiger partial charge in [0.2, 0.25) is 5.91 Å². The molecule has 1 fully saturated rings. The molecule has 3 heteroatoms. The van der Waals surface area contributed by atoms with Gasteiger partial charge in [-0.05, 0) is 25.2 Å². The summed E-state index contributed by atoms with van der Waals surface area (Å²) in [5, 5.41) is 2.92. The highest BCUT2D eigenvalue weighted by molar-refractivity contribution is 5.76. The first-order valence-electron chi connectivity index (χ1n) is 4.75. The van der Waals surface area contributed by atoms with Crippen LogP contribution in [0.4, 0.5) is 0 Å². The topological polar surface area (TPSA) is 55.1 Å². The summed E-state index contributed by atoms with van der Waals surface area (Å²) in [6, 6.07) is 0.177. The minimum Gasteiger partial charge on any atom is -0.352 e. The lowest BCUT2D eigenvalue weighted by Gasteiger charge is -2.13. The third kappa shape index (κ3) is 3.22. The molecule has 0 aliphatic heterocycles. The van der Waals surface area contributed by atoms with Crippen molar-refractivity contribution >= 4 is 5.91 Å². The molecule has 1 aliphatic carbocycles. The van der Waals surface area contributed by atoms with Gasteiger partial charge in [-0.2, -0.15) is 0 Å². The van der Waals surface area contributed by atoms with E-state index in [1.54, 1.807) is 0 Å². The van der Waals surface area contributed by atoms with Gasteiger partial charge in [0, 0.05) is 19.0 Å². The number of amides is 1. The summed E-state index contributed by atoms with van der Waals surface area (Å²) in [4.78, 5) is 11.3. The molecule has 0 spiro atoms. The second-order valence-corrected chi connectivity index (χ2v) is 3.56. The fraction of sp³-hybridized carbons (Fsp3) is 0.889. The van der Waals surface area contributed by atoms with Crippen LogP contribution in [0, 0.1) is 5.92 Å². The number of nitrogens with two attached hydrogens (primary N) is 1. The molecule has 0 aromatic heterocycles. The predicted octanol–water partition coefficient (Wildman–Crippen LogP) is 0.640. The standard InChI is InChI=1S/C9H18N2O/c1-2-8(6-10)11-9(12)5-7-3-4-7/h7-8H,2-6,10H2,1H3,(H,11,12). The van der Waals surface area contributed by atoms with Crippen LogP contribution in [0.1, 0.15) is 32.6 Å². The third-order valence-corrected chi connectivity index (χ3v) is 2.31. The number of nitrogens with one attached hydrogen (secondary N) is 1. The van der Waals surface area contributed by atoms with Crippen LogP contribution in [0.15, 0.2) is 0 Å². The summed E-state index contributed by atoms with van der Waals surface area (Å²) in [6.45, 7) is 2.59. The molecule has 1 atom stereocenters. The molecule has 12 heavy (non-hydrogen) atoms. The Morgan fingerprint density at radius 1 is 1.67 bits per heavy atom. The second kappa shape index (κ2) is 4.45. The highest BCUT2D eigenvalue weighted by atomic mass is 16.1. The first-order chi connectivity index (χ1) is 5.76. The van der Waals surface area contributed by atoms with E-state index in [0.717, 1.165) is 6.42 Å². The van der Waals surface area contributed by atoms with E-state index in [2.05, 4.69) is 5.32 Å². The SMILES string of the molecule is CCC(CN)NC(=O)CC1CC1. The summed E-state index contributed by atoms with van der Waals surface area (Å²) in [6.07, 6.45) is 4.09. The first-order valence-corrected chi connectivity index (χ1v) is 4.75. The zero-order chi connectivity index (χ0) is 8.97. The Kier molecular flexibility index (Phi) is 3.53. The maximum Gasteiger partial charge on any atom is 0.220 e. The van der Waals surface area contributed by atoms with E-state index in [1.165, 1.54) is 12.8 Å². The summed E-state index contributed by atoms with van der Waals surface area (Å²) in [5.41, 5.74) is 5.46. The van der Waals surface area contributed by atoms with Crippen LogP contribution < -0.4 is 11.1 Å². The summed E-state index contributed by atoms with van der Waals surface area (Å²) >= 11 is 0. The van der Waals surface area contributed by atoms with E-state index in [1.807, 2.05) is 6.92 Å². The van der Waals surface area contributed by atoms with Crippen LogP contribution in [0.2, 0.25) is 0 Å². The number of hydrogen-bond donors (Lipinski definition) is 2. The smallest absolute Gasteiger partial charge is 0.220 e. The Morgan fingerprint density at radius 2 is 2.33 bits per heavy atom. The summed E-state index contributed by atoms with van der Waals surface area (Å²) < 4.78 is 0. The van der Waals surface area contributed by atoms with Crippen LogP contribution in [0.3, 0.4) is 0 Å². The van der Waals surface area contributed by atoms with Crippen molar-refractivity contribution in [1.29, 1.82) is 0 Å². The number of hydrogen-bond acceptors (Lipinski definition) is 2. The van der Waals surface area contributed by atoms with Crippen molar-refractivity contribution in [1.82, 2.24) is 5.32 Å². The molecule has 0 radical (unpaired) electrons. The fourth-order valence-electron chi connectivity index (χ4n) is 1.20. The highest BCUT2D eigenvalue weighted by Crippen LogP contribution is 2.32. The lowest BCUT2D eigenvalue weighted by molar-refractivity contribution is -0.122. The van der Waals surface area contributed by atoms with Crippen molar-refractivity contribution in [2.45, 2.75) is 38.6 Å². The average molecular weight is 170 g/mol. The Hall–Kier alpha value is -0.570. The Morgan fingerprint density at radius 3 is 2.75 bits per heavy atom. The van der Waals surface area contributed by atoms with Crippen LogP contribution in [-0.2, 0) is 4.79 Å². The lowest BCUT2D eigenvalue weighted by Crippen LogP contribution is -2.39. The average Bonchev–Trinajstić information content (AvgIpc) is 2.84. The Balaban J connectivity index is 2.13. The Labute approximate surface area is 73.7 Å². The predicted molar refractivity (Wildman–Crippen MR) is 48.6 cm³/mol. The van der Waals surface area contributed by atoms with Crippen molar-refractivity contribution in [3.8, 4) is 0 Å². The normalized spacial score (nSPS) is 18.8. The quantitative estimate of drug-likeness (QED) is 0.636. The molecule has 70 valence electrons. The molecule has 0 aromatic carbocycles. The zero-order valence-corrected chi connectivity index (χ0v) is 7.68. The highest BCUT2D eigenvalue weighted by Gasteiger charge is 2.24. The molecule has 0 aromatic rings. The van der Waals surface area contributed by atoms with Gasteiger partial charge in [-0.3, -0.25) is 4.79 Å². The molecule has 0 bridgehead atoms. The largest absolute Gasteiger partial charge is 0.352 e. The van der Waals surface area contributed by atoms with Gasteiger partial charge < -0.3 is 11.1 Å². The van der Waals surface area contributed by atoms with Gasteiger partial charge in [0.05, 0.1) is 0 Å². The number of carbonyl (C=O) groups is 1.